The van der Waals surface area contributed by atoms with Gasteiger partial charge in [0.25, 0.3) is 0 Å². The topological polar surface area (TPSA) is 117 Å². The van der Waals surface area contributed by atoms with Crippen LogP contribution in [0.4, 0.5) is 19.0 Å². The molecule has 0 amide bonds. The fourth-order valence-corrected chi connectivity index (χ4v) is 5.67. The van der Waals surface area contributed by atoms with Crippen LogP contribution in [-0.2, 0) is 4.79 Å². The number of aliphatic hydroxyl groups excluding tert-OH is 1. The number of Topliss-reactive ketones (excluding diaryl/α,β-unsaturated/α-hetero) is 1. The van der Waals surface area contributed by atoms with Gasteiger partial charge in [-0.1, -0.05) is 11.6 Å². The molecule has 3 heterocycles. The molecule has 1 aromatic heterocycles. The number of likely N-dealkylation sites (tertiary alicyclic amines) is 1. The van der Waals surface area contributed by atoms with Gasteiger partial charge in [0.2, 0.25) is 0 Å². The Morgan fingerprint density at radius 3 is 2.46 bits per heavy atom. The van der Waals surface area contributed by atoms with Crippen molar-refractivity contribution in [2.75, 3.05) is 51.3 Å². The predicted octanol–water partition coefficient (Wildman–Crippen LogP) is 3.42. The summed E-state index contributed by atoms with van der Waals surface area (Å²) in [7, 11) is 1.73. The number of nitrogens with one attached hydrogen (secondary N) is 1. The van der Waals surface area contributed by atoms with Crippen molar-refractivity contribution in [2.24, 2.45) is 11.1 Å². The van der Waals surface area contributed by atoms with Crippen LogP contribution in [0.3, 0.4) is 0 Å². The second-order valence-electron chi connectivity index (χ2n) is 11.1. The molecule has 2 saturated heterocycles. The van der Waals surface area contributed by atoms with Crippen LogP contribution in [0, 0.1) is 12.3 Å². The smallest absolute Gasteiger partial charge is 0.403 e. The fourth-order valence-electron chi connectivity index (χ4n) is 5.47. The zero-order valence-electron chi connectivity index (χ0n) is 23.8. The minimum atomic E-state index is -4.27. The van der Waals surface area contributed by atoms with Gasteiger partial charge in [0.05, 0.1) is 16.3 Å². The van der Waals surface area contributed by atoms with Crippen molar-refractivity contribution in [1.82, 2.24) is 20.2 Å². The minimum Gasteiger partial charge on any atom is -0.491 e. The van der Waals surface area contributed by atoms with Crippen LogP contribution in [0.5, 0.6) is 5.75 Å². The van der Waals surface area contributed by atoms with Crippen LogP contribution >= 0.6 is 11.6 Å². The molecule has 1 aromatic carbocycles. The summed E-state index contributed by atoms with van der Waals surface area (Å²) in [4.78, 5) is 25.6. The van der Waals surface area contributed by atoms with Crippen LogP contribution in [0.25, 0.3) is 17.0 Å². The highest BCUT2D eigenvalue weighted by Crippen LogP contribution is 2.46. The fraction of sp³-hybridized carbons (Fsp3) is 0.536. The van der Waals surface area contributed by atoms with E-state index in [-0.39, 0.29) is 29.2 Å². The van der Waals surface area contributed by atoms with Crippen LogP contribution in [0.15, 0.2) is 23.9 Å². The van der Waals surface area contributed by atoms with Crippen LogP contribution in [-0.4, -0.2) is 90.5 Å². The molecule has 13 heteroatoms. The van der Waals surface area contributed by atoms with Crippen molar-refractivity contribution in [2.45, 2.75) is 46.0 Å². The quantitative estimate of drug-likeness (QED) is 0.355. The third kappa shape index (κ3) is 6.45. The van der Waals surface area contributed by atoms with E-state index in [1.165, 1.54) is 18.7 Å². The third-order valence-electron chi connectivity index (χ3n) is 7.61. The molecule has 2 aliphatic rings. The van der Waals surface area contributed by atoms with Gasteiger partial charge >= 0.3 is 6.18 Å². The first-order valence-corrected chi connectivity index (χ1v) is 13.7. The number of hydrogen-bond donors (Lipinski definition) is 3. The first kappa shape index (κ1) is 31.0. The molecule has 2 atom stereocenters. The minimum absolute atomic E-state index is 0.0522. The normalized spacial score (nSPS) is 18.8. The number of benzene rings is 1. The highest BCUT2D eigenvalue weighted by atomic mass is 35.5. The predicted molar refractivity (Wildman–Crippen MR) is 152 cm³/mol. The molecule has 1 spiro atoms. The number of likely N-dealkylation sites (N-methyl/N-ethyl adjacent to an activating group) is 1. The average molecular weight is 597 g/mol. The Balaban J connectivity index is 1.68. The number of nitrogens with two attached hydrogens (primary N) is 1. The summed E-state index contributed by atoms with van der Waals surface area (Å²) in [6.45, 7) is 8.16. The Hall–Kier alpha value is -2.93. The molecule has 224 valence electrons. The summed E-state index contributed by atoms with van der Waals surface area (Å²) >= 11 is 6.57. The second kappa shape index (κ2) is 11.7. The van der Waals surface area contributed by atoms with Gasteiger partial charge in [-0.05, 0) is 52.9 Å². The average Bonchev–Trinajstić information content (AvgIpc) is 2.82. The first-order valence-electron chi connectivity index (χ1n) is 13.3. The van der Waals surface area contributed by atoms with Crippen molar-refractivity contribution >= 4 is 28.8 Å². The SMILES string of the molecule is CNC[C@@H](O)COc1ccc(Cl)c(-c2nc(C(C(C)=O)=C(C)N)c(C)c(N3CC4(C3)CN(C(C)C(F)(F)F)C4)n2)c1. The number of alkyl halides is 3. The summed E-state index contributed by atoms with van der Waals surface area (Å²) in [6, 6.07) is 3.48. The monoisotopic (exact) mass is 596 g/mol. The number of halogens is 4. The summed E-state index contributed by atoms with van der Waals surface area (Å²) < 4.78 is 45.3. The molecule has 0 radical (unpaired) electrons. The Kier molecular flexibility index (Phi) is 8.89. The number of hydrogen-bond acceptors (Lipinski definition) is 9. The maximum absolute atomic E-state index is 13.2. The molecule has 9 nitrogen and oxygen atoms in total. The highest BCUT2D eigenvalue weighted by molar-refractivity contribution is 6.33. The van der Waals surface area contributed by atoms with E-state index >= 15 is 0 Å². The van der Waals surface area contributed by atoms with Crippen molar-refractivity contribution in [3.63, 3.8) is 0 Å². The lowest BCUT2D eigenvalue weighted by Gasteiger charge is -2.62. The Bertz CT molecular complexity index is 1330. The molecule has 4 N–H and O–H groups in total. The molecular weight excluding hydrogens is 561 g/mol. The molecule has 0 saturated carbocycles. The second-order valence-corrected chi connectivity index (χ2v) is 11.5. The van der Waals surface area contributed by atoms with Crippen LogP contribution < -0.4 is 20.7 Å². The van der Waals surface area contributed by atoms with Gasteiger partial charge in [-0.2, -0.15) is 13.2 Å². The molecule has 2 aromatic rings. The number of aliphatic hydroxyl groups is 1. The van der Waals surface area contributed by atoms with Crippen molar-refractivity contribution in [3.8, 4) is 17.1 Å². The van der Waals surface area contributed by atoms with E-state index in [0.29, 0.717) is 71.8 Å². The van der Waals surface area contributed by atoms with E-state index < -0.39 is 18.3 Å². The number of anilines is 1. The summed E-state index contributed by atoms with van der Waals surface area (Å²) in [5.74, 6) is 0.986. The zero-order valence-corrected chi connectivity index (χ0v) is 24.5. The summed E-state index contributed by atoms with van der Waals surface area (Å²) in [6.07, 6.45) is -4.99. The lowest BCUT2D eigenvalue weighted by atomic mass is 9.72. The van der Waals surface area contributed by atoms with Gasteiger partial charge in [-0.3, -0.25) is 9.69 Å². The van der Waals surface area contributed by atoms with Gasteiger partial charge in [0.1, 0.15) is 30.3 Å². The molecule has 4 rings (SSSR count). The van der Waals surface area contributed by atoms with Gasteiger partial charge in [-0.15, -0.1) is 0 Å². The molecule has 1 unspecified atom stereocenters. The van der Waals surface area contributed by atoms with Crippen molar-refractivity contribution in [3.05, 3.63) is 40.2 Å². The molecule has 0 aliphatic carbocycles. The molecular formula is C28H36ClF3N6O3. The molecule has 2 fully saturated rings. The number of ketones is 1. The maximum Gasteiger partial charge on any atom is 0.403 e. The number of ether oxygens (including phenoxy) is 1. The Morgan fingerprint density at radius 2 is 1.90 bits per heavy atom. The van der Waals surface area contributed by atoms with E-state index in [4.69, 9.17) is 32.0 Å². The number of rotatable bonds is 10. The van der Waals surface area contributed by atoms with Crippen LogP contribution in [0.2, 0.25) is 5.02 Å². The van der Waals surface area contributed by atoms with Crippen molar-refractivity contribution < 1.29 is 27.8 Å². The Morgan fingerprint density at radius 1 is 1.24 bits per heavy atom. The number of nitrogens with zero attached hydrogens (tertiary/aromatic N) is 4. The maximum atomic E-state index is 13.2. The summed E-state index contributed by atoms with van der Waals surface area (Å²) in [5.41, 5.74) is 7.88. The number of aromatic nitrogens is 2. The van der Waals surface area contributed by atoms with Gasteiger partial charge in [0.15, 0.2) is 11.6 Å². The van der Waals surface area contributed by atoms with E-state index in [1.54, 1.807) is 39.1 Å². The lowest BCUT2D eigenvalue weighted by molar-refractivity contribution is -0.207. The number of allylic oxidation sites excluding steroid dienone is 2. The lowest BCUT2D eigenvalue weighted by Crippen LogP contribution is -2.74. The van der Waals surface area contributed by atoms with Gasteiger partial charge in [0, 0.05) is 55.0 Å². The molecule has 2 aliphatic heterocycles. The first-order chi connectivity index (χ1) is 19.2. The van der Waals surface area contributed by atoms with E-state index in [9.17, 15) is 23.1 Å². The van der Waals surface area contributed by atoms with Gasteiger partial charge in [-0.25, -0.2) is 9.97 Å². The number of carbonyl (C=O) groups is 1. The largest absolute Gasteiger partial charge is 0.491 e. The molecule has 41 heavy (non-hydrogen) atoms. The van der Waals surface area contributed by atoms with E-state index in [2.05, 4.69) is 5.32 Å². The number of carbonyl (C=O) groups excluding carboxylic acids is 1. The van der Waals surface area contributed by atoms with E-state index in [1.807, 2.05) is 4.90 Å². The van der Waals surface area contributed by atoms with Crippen molar-refractivity contribution in [1.29, 1.82) is 0 Å². The zero-order chi connectivity index (χ0) is 30.3. The highest BCUT2D eigenvalue weighted by Gasteiger charge is 2.56. The summed E-state index contributed by atoms with van der Waals surface area (Å²) in [5, 5.41) is 13.2. The van der Waals surface area contributed by atoms with E-state index in [0.717, 1.165) is 0 Å². The van der Waals surface area contributed by atoms with Gasteiger partial charge < -0.3 is 25.8 Å². The molecule has 0 bridgehead atoms. The van der Waals surface area contributed by atoms with Crippen LogP contribution in [0.1, 0.15) is 32.0 Å². The standard InChI is InChI=1S/C28H36ClF3N6O3/c1-15-24(23(16(2)33)17(3)39)35-25(21-8-20(6-7-22(21)29)41-10-19(40)9-34-5)36-26(15)38-13-27(14-38)11-37(12-27)18(4)28(30,31)32/h6-8,18-19,34,40H,9-14,33H2,1-5H3/t18?,19-/m1/s1. The third-order valence-corrected chi connectivity index (χ3v) is 7.94. The Labute approximate surface area is 242 Å².